The van der Waals surface area contributed by atoms with Gasteiger partial charge in [-0.1, -0.05) is 29.8 Å². The third-order valence-electron chi connectivity index (χ3n) is 1.79. The monoisotopic (exact) mass is 350 g/mol. The molecule has 2 rings (SSSR count). The molecule has 0 atom stereocenters. The van der Waals surface area contributed by atoms with Crippen LogP contribution >= 0.6 is 46.4 Å². The van der Waals surface area contributed by atoms with Crippen LogP contribution in [-0.2, 0) is 0 Å². The van der Waals surface area contributed by atoms with Gasteiger partial charge in [-0.3, -0.25) is 4.79 Å². The van der Waals surface area contributed by atoms with Gasteiger partial charge < -0.3 is 0 Å². The first-order valence-corrected chi connectivity index (χ1v) is 6.42. The molecule has 0 N–H and O–H groups in total. The molecule has 20 heavy (non-hydrogen) atoms. The van der Waals surface area contributed by atoms with Gasteiger partial charge in [0.05, 0.1) is 28.1 Å². The first-order chi connectivity index (χ1) is 9.47. The van der Waals surface area contributed by atoms with Gasteiger partial charge in [-0.25, -0.2) is 19.9 Å². The summed E-state index contributed by atoms with van der Waals surface area (Å²) in [7, 11) is 0. The van der Waals surface area contributed by atoms with Gasteiger partial charge in [0, 0.05) is 0 Å². The Labute approximate surface area is 134 Å². The molecule has 0 saturated heterocycles. The average molecular weight is 352 g/mol. The van der Waals surface area contributed by atoms with Crippen LogP contribution in [0.4, 0.5) is 0 Å². The molecule has 0 aliphatic carbocycles. The maximum Gasteiger partial charge on any atom is 0.223 e. The number of carbonyl (C=O) groups excluding carboxylic acids is 1. The van der Waals surface area contributed by atoms with Crippen molar-refractivity contribution in [1.29, 1.82) is 0 Å². The largest absolute Gasteiger partial charge is 0.296 e. The molecule has 2 aromatic heterocycles. The predicted octanol–water partition coefficient (Wildman–Crippen LogP) is 4.02. The van der Waals surface area contributed by atoms with E-state index >= 15 is 0 Å². The van der Waals surface area contributed by atoms with Crippen molar-refractivity contribution in [3.05, 3.63) is 51.0 Å². The topological polar surface area (TPSA) is 68.6 Å². The van der Waals surface area contributed by atoms with E-state index in [1.807, 2.05) is 0 Å². The summed E-state index contributed by atoms with van der Waals surface area (Å²) >= 11 is 21.9. The second-order valence-corrected chi connectivity index (χ2v) is 4.56. The standard InChI is InChI=1S/C6H4Cl2N2.C5H2Cl2N2O/c1-2-5-4(7)3-9-6(8)10-5;6-3-1-8-5(7)9-4(3)2-10/h2-3H,1H2;1-2H. The molecular formula is C11H6Cl4N4O. The lowest BCUT2D eigenvalue weighted by molar-refractivity contribution is 0.111. The maximum absolute atomic E-state index is 10.1. The first-order valence-electron chi connectivity index (χ1n) is 4.91. The quantitative estimate of drug-likeness (QED) is 0.603. The highest BCUT2D eigenvalue weighted by molar-refractivity contribution is 6.33. The molecule has 0 aliphatic rings. The normalized spacial score (nSPS) is 9.40. The van der Waals surface area contributed by atoms with Gasteiger partial charge in [0.2, 0.25) is 10.6 Å². The molecule has 2 aromatic rings. The second kappa shape index (κ2) is 8.11. The molecule has 9 heteroatoms. The Morgan fingerprint density at radius 2 is 1.35 bits per heavy atom. The fraction of sp³-hybridized carbons (Fsp3) is 0. The zero-order chi connectivity index (χ0) is 15.1. The van der Waals surface area contributed by atoms with E-state index in [9.17, 15) is 4.79 Å². The number of rotatable bonds is 2. The fourth-order valence-electron chi connectivity index (χ4n) is 0.941. The Balaban J connectivity index is 0.000000200. The molecule has 5 nitrogen and oxygen atoms in total. The second-order valence-electron chi connectivity index (χ2n) is 3.07. The number of hydrogen-bond donors (Lipinski definition) is 0. The number of carbonyl (C=O) groups is 1. The Bertz CT molecular complexity index is 580. The predicted molar refractivity (Wildman–Crippen MR) is 79.6 cm³/mol. The SMILES string of the molecule is C=Cc1nc(Cl)ncc1Cl.O=Cc1nc(Cl)ncc1Cl. The van der Waals surface area contributed by atoms with Gasteiger partial charge in [-0.2, -0.15) is 0 Å². The summed E-state index contributed by atoms with van der Waals surface area (Å²) in [5.41, 5.74) is 0.670. The molecule has 0 radical (unpaired) electrons. The molecule has 0 aromatic carbocycles. The van der Waals surface area contributed by atoms with Crippen molar-refractivity contribution in [3.8, 4) is 0 Å². The van der Waals surface area contributed by atoms with Crippen molar-refractivity contribution in [3.63, 3.8) is 0 Å². The zero-order valence-corrected chi connectivity index (χ0v) is 12.7. The minimum atomic E-state index is 0.0199. The third-order valence-corrected chi connectivity index (χ3v) is 2.74. The molecule has 2 heterocycles. The van der Waals surface area contributed by atoms with Crippen LogP contribution in [0.5, 0.6) is 0 Å². The highest BCUT2D eigenvalue weighted by Gasteiger charge is 2.00. The first kappa shape index (κ1) is 16.8. The molecular weight excluding hydrogens is 346 g/mol. The number of nitrogens with zero attached hydrogens (tertiary/aromatic N) is 4. The number of halogens is 4. The van der Waals surface area contributed by atoms with Crippen LogP contribution in [0.2, 0.25) is 20.6 Å². The van der Waals surface area contributed by atoms with Gasteiger partial charge >= 0.3 is 0 Å². The molecule has 0 saturated carbocycles. The molecule has 0 unspecified atom stereocenters. The Morgan fingerprint density at radius 3 is 1.70 bits per heavy atom. The van der Waals surface area contributed by atoms with E-state index in [0.717, 1.165) is 0 Å². The van der Waals surface area contributed by atoms with Crippen molar-refractivity contribution in [2.24, 2.45) is 0 Å². The highest BCUT2D eigenvalue weighted by atomic mass is 35.5. The van der Waals surface area contributed by atoms with E-state index in [1.165, 1.54) is 18.5 Å². The van der Waals surface area contributed by atoms with E-state index in [2.05, 4.69) is 26.5 Å². The lowest BCUT2D eigenvalue weighted by Gasteiger charge is -1.94. The van der Waals surface area contributed by atoms with Gasteiger partial charge in [-0.05, 0) is 29.3 Å². The number of hydrogen-bond acceptors (Lipinski definition) is 5. The minimum absolute atomic E-state index is 0.0199. The van der Waals surface area contributed by atoms with E-state index in [4.69, 9.17) is 46.4 Å². The Kier molecular flexibility index (Phi) is 6.81. The molecule has 104 valence electrons. The van der Waals surface area contributed by atoms with E-state index < -0.39 is 0 Å². The summed E-state index contributed by atoms with van der Waals surface area (Å²) in [4.78, 5) is 24.7. The van der Waals surface area contributed by atoms with Gasteiger partial charge in [0.25, 0.3) is 0 Å². The van der Waals surface area contributed by atoms with Crippen molar-refractivity contribution in [2.45, 2.75) is 0 Å². The van der Waals surface area contributed by atoms with E-state index in [-0.39, 0.29) is 21.3 Å². The molecule has 0 aliphatic heterocycles. The van der Waals surface area contributed by atoms with Crippen LogP contribution < -0.4 is 0 Å². The summed E-state index contributed by atoms with van der Waals surface area (Å²) in [6, 6.07) is 0. The summed E-state index contributed by atoms with van der Waals surface area (Å²) in [6.07, 6.45) is 4.76. The Hall–Kier alpha value is -1.27. The van der Waals surface area contributed by atoms with Crippen molar-refractivity contribution >= 4 is 58.8 Å². The lowest BCUT2D eigenvalue weighted by Crippen LogP contribution is -1.90. The third kappa shape index (κ3) is 5.02. The molecule has 0 bridgehead atoms. The highest BCUT2D eigenvalue weighted by Crippen LogP contribution is 2.14. The summed E-state index contributed by atoms with van der Waals surface area (Å²) in [6.45, 7) is 3.50. The van der Waals surface area contributed by atoms with Gasteiger partial charge in [0.15, 0.2) is 6.29 Å². The smallest absolute Gasteiger partial charge is 0.223 e. The summed E-state index contributed by atoms with van der Waals surface area (Å²) in [5, 5.41) is 0.865. The van der Waals surface area contributed by atoms with Crippen molar-refractivity contribution in [2.75, 3.05) is 0 Å². The van der Waals surface area contributed by atoms with Crippen LogP contribution in [0.1, 0.15) is 16.2 Å². The van der Waals surface area contributed by atoms with Crippen LogP contribution in [0.15, 0.2) is 19.0 Å². The number of aldehydes is 1. The minimum Gasteiger partial charge on any atom is -0.296 e. The van der Waals surface area contributed by atoms with E-state index in [1.54, 1.807) is 0 Å². The fourth-order valence-corrected chi connectivity index (χ4v) is 1.52. The molecule has 0 amide bonds. The van der Waals surface area contributed by atoms with Crippen LogP contribution in [-0.4, -0.2) is 26.2 Å². The lowest BCUT2D eigenvalue weighted by atomic mass is 10.4. The van der Waals surface area contributed by atoms with Crippen LogP contribution in [0.25, 0.3) is 6.08 Å². The number of aromatic nitrogens is 4. The van der Waals surface area contributed by atoms with Gasteiger partial charge in [-0.15, -0.1) is 0 Å². The maximum atomic E-state index is 10.1. The van der Waals surface area contributed by atoms with E-state index in [0.29, 0.717) is 17.0 Å². The van der Waals surface area contributed by atoms with Crippen molar-refractivity contribution in [1.82, 2.24) is 19.9 Å². The Morgan fingerprint density at radius 1 is 0.900 bits per heavy atom. The van der Waals surface area contributed by atoms with Crippen LogP contribution in [0.3, 0.4) is 0 Å². The van der Waals surface area contributed by atoms with Crippen LogP contribution in [0, 0.1) is 0 Å². The zero-order valence-electron chi connectivity index (χ0n) is 9.73. The summed E-state index contributed by atoms with van der Waals surface area (Å²) < 4.78 is 0. The average Bonchev–Trinajstić information content (AvgIpc) is 2.44. The van der Waals surface area contributed by atoms with Gasteiger partial charge in [0.1, 0.15) is 5.69 Å². The summed E-state index contributed by atoms with van der Waals surface area (Å²) in [5.74, 6) is 0. The molecule has 0 spiro atoms. The molecule has 0 fully saturated rings. The van der Waals surface area contributed by atoms with Crippen molar-refractivity contribution < 1.29 is 4.79 Å².